The van der Waals surface area contributed by atoms with Crippen molar-refractivity contribution in [1.29, 1.82) is 0 Å². The largest absolute Gasteiger partial charge is 0.477 e. The summed E-state index contributed by atoms with van der Waals surface area (Å²) >= 11 is 0. The van der Waals surface area contributed by atoms with Crippen molar-refractivity contribution in [3.05, 3.63) is 66.4 Å². The van der Waals surface area contributed by atoms with E-state index >= 15 is 0 Å². The van der Waals surface area contributed by atoms with Crippen LogP contribution >= 0.6 is 0 Å². The van der Waals surface area contributed by atoms with E-state index in [2.05, 4.69) is 5.10 Å². The second kappa shape index (κ2) is 8.16. The summed E-state index contributed by atoms with van der Waals surface area (Å²) in [5, 5.41) is 3.77. The van der Waals surface area contributed by atoms with Gasteiger partial charge in [0.25, 0.3) is 0 Å². The van der Waals surface area contributed by atoms with Crippen LogP contribution in [0.15, 0.2) is 60.7 Å². The Hall–Kier alpha value is -3.29. The molecule has 0 radical (unpaired) electrons. The zero-order chi connectivity index (χ0) is 20.1. The number of carbonyl (C=O) groups excluding carboxylic acids is 1. The Bertz CT molecular complexity index is 939. The van der Waals surface area contributed by atoms with Crippen molar-refractivity contribution in [3.63, 3.8) is 0 Å². The first kappa shape index (κ1) is 19.5. The summed E-state index contributed by atoms with van der Waals surface area (Å²) in [6.07, 6.45) is -4.77. The highest BCUT2D eigenvalue weighted by Crippen LogP contribution is 2.43. The van der Waals surface area contributed by atoms with E-state index in [4.69, 9.17) is 9.47 Å². The Balaban J connectivity index is 2.19. The van der Waals surface area contributed by atoms with Gasteiger partial charge in [0.05, 0.1) is 12.3 Å². The number of halogens is 3. The number of hydrogen-bond acceptors (Lipinski definition) is 4. The molecule has 0 atom stereocenters. The fraction of sp³-hybridized carbons (Fsp3) is 0.200. The van der Waals surface area contributed by atoms with Gasteiger partial charge in [0.1, 0.15) is 5.69 Å². The number of alkyl halides is 3. The smallest absolute Gasteiger partial charge is 0.438 e. The normalized spacial score (nSPS) is 11.3. The number of benzene rings is 2. The lowest BCUT2D eigenvalue weighted by Gasteiger charge is -2.11. The first-order chi connectivity index (χ1) is 13.4. The minimum absolute atomic E-state index is 0.100. The second-order valence-corrected chi connectivity index (χ2v) is 5.73. The zero-order valence-corrected chi connectivity index (χ0v) is 14.9. The molecule has 0 amide bonds. The third-order valence-electron chi connectivity index (χ3n) is 3.80. The topological polar surface area (TPSA) is 53.4 Å². The summed E-state index contributed by atoms with van der Waals surface area (Å²) in [6, 6.07) is 16.8. The van der Waals surface area contributed by atoms with Crippen LogP contribution in [0.3, 0.4) is 0 Å². The van der Waals surface area contributed by atoms with Gasteiger partial charge >= 0.3 is 12.1 Å². The minimum Gasteiger partial charge on any atom is -0.477 e. The van der Waals surface area contributed by atoms with E-state index in [-0.39, 0.29) is 12.3 Å². The number of ether oxygens (including phenoxy) is 2. The third-order valence-corrected chi connectivity index (χ3v) is 3.80. The number of aromatic nitrogens is 2. The molecule has 0 aliphatic carbocycles. The summed E-state index contributed by atoms with van der Waals surface area (Å²) in [7, 11) is 0. The molecule has 1 aromatic heterocycles. The molecule has 146 valence electrons. The maximum Gasteiger partial charge on any atom is 0.438 e. The summed E-state index contributed by atoms with van der Waals surface area (Å²) in [4.78, 5) is 11.6. The van der Waals surface area contributed by atoms with Gasteiger partial charge in [-0.05, 0) is 19.1 Å². The van der Waals surface area contributed by atoms with Gasteiger partial charge in [-0.3, -0.25) is 0 Å². The van der Waals surface area contributed by atoms with Crippen LogP contribution in [0.1, 0.15) is 12.6 Å². The molecule has 0 spiro atoms. The fourth-order valence-electron chi connectivity index (χ4n) is 2.67. The Labute approximate surface area is 159 Å². The zero-order valence-electron chi connectivity index (χ0n) is 14.9. The van der Waals surface area contributed by atoms with Crippen LogP contribution in [0, 0.1) is 0 Å². The average Bonchev–Trinajstić information content (AvgIpc) is 3.08. The molecule has 1 heterocycles. The van der Waals surface area contributed by atoms with E-state index in [1.165, 1.54) is 4.68 Å². The molecule has 0 saturated heterocycles. The molecule has 2 aromatic carbocycles. The van der Waals surface area contributed by atoms with Crippen LogP contribution in [0.2, 0.25) is 0 Å². The fourth-order valence-corrected chi connectivity index (χ4v) is 2.67. The van der Waals surface area contributed by atoms with Crippen LogP contribution in [-0.2, 0) is 15.7 Å². The lowest BCUT2D eigenvalue weighted by atomic mass is 10.1. The first-order valence-electron chi connectivity index (χ1n) is 8.51. The van der Waals surface area contributed by atoms with E-state index in [9.17, 15) is 18.0 Å². The van der Waals surface area contributed by atoms with Crippen LogP contribution in [0.4, 0.5) is 13.2 Å². The van der Waals surface area contributed by atoms with Crippen LogP contribution in [0.25, 0.3) is 16.9 Å². The van der Waals surface area contributed by atoms with Gasteiger partial charge in [-0.25, -0.2) is 9.48 Å². The molecular formula is C20H17F3N2O3. The standard InChI is InChI=1S/C20H17F3N2O3/c1-2-27-16(26)13-28-18-17(14-9-5-3-6-10-14)25(15-11-7-4-8-12-15)24-19(18)20(21,22)23/h3-12H,2,13H2,1H3. The Morgan fingerprint density at radius 3 is 2.21 bits per heavy atom. The summed E-state index contributed by atoms with van der Waals surface area (Å²) in [6.45, 7) is 1.04. The maximum absolute atomic E-state index is 13.7. The SMILES string of the molecule is CCOC(=O)COc1c(C(F)(F)F)nn(-c2ccccc2)c1-c1ccccc1. The summed E-state index contributed by atoms with van der Waals surface area (Å²) in [5.74, 6) is -1.28. The molecule has 5 nitrogen and oxygen atoms in total. The van der Waals surface area contributed by atoms with Crippen LogP contribution in [-0.4, -0.2) is 29.0 Å². The highest BCUT2D eigenvalue weighted by Gasteiger charge is 2.41. The van der Waals surface area contributed by atoms with Gasteiger partial charge in [-0.2, -0.15) is 18.3 Å². The number of esters is 1. The van der Waals surface area contributed by atoms with Crippen LogP contribution < -0.4 is 4.74 Å². The molecule has 0 aliphatic heterocycles. The second-order valence-electron chi connectivity index (χ2n) is 5.73. The van der Waals surface area contributed by atoms with Crippen molar-refractivity contribution in [2.75, 3.05) is 13.2 Å². The molecular weight excluding hydrogens is 373 g/mol. The first-order valence-corrected chi connectivity index (χ1v) is 8.51. The Morgan fingerprint density at radius 2 is 1.64 bits per heavy atom. The van der Waals surface area contributed by atoms with Gasteiger partial charge in [-0.15, -0.1) is 0 Å². The van der Waals surface area contributed by atoms with E-state index < -0.39 is 30.2 Å². The monoisotopic (exact) mass is 390 g/mol. The molecule has 3 aromatic rings. The lowest BCUT2D eigenvalue weighted by molar-refractivity contribution is -0.148. The number of para-hydroxylation sites is 1. The molecule has 28 heavy (non-hydrogen) atoms. The molecule has 0 N–H and O–H groups in total. The molecule has 0 fully saturated rings. The van der Waals surface area contributed by atoms with E-state index in [0.29, 0.717) is 11.3 Å². The van der Waals surface area contributed by atoms with Crippen molar-refractivity contribution in [2.45, 2.75) is 13.1 Å². The molecule has 3 rings (SSSR count). The van der Waals surface area contributed by atoms with Crippen molar-refractivity contribution >= 4 is 5.97 Å². The van der Waals surface area contributed by atoms with Gasteiger partial charge in [0.2, 0.25) is 5.69 Å². The van der Waals surface area contributed by atoms with Crippen molar-refractivity contribution in [2.24, 2.45) is 0 Å². The van der Waals surface area contributed by atoms with E-state index in [1.54, 1.807) is 67.6 Å². The van der Waals surface area contributed by atoms with Gasteiger partial charge in [0.15, 0.2) is 12.4 Å². The quantitative estimate of drug-likeness (QED) is 0.582. The third kappa shape index (κ3) is 4.16. The molecule has 8 heteroatoms. The summed E-state index contributed by atoms with van der Waals surface area (Å²) in [5.41, 5.74) is -0.214. The van der Waals surface area contributed by atoms with E-state index in [0.717, 1.165) is 0 Å². The van der Waals surface area contributed by atoms with Gasteiger partial charge in [0, 0.05) is 5.56 Å². The molecule has 0 aliphatic rings. The number of nitrogens with zero attached hydrogens (tertiary/aromatic N) is 2. The number of carbonyl (C=O) groups is 1. The Morgan fingerprint density at radius 1 is 1.04 bits per heavy atom. The molecule has 0 bridgehead atoms. The number of rotatable bonds is 6. The van der Waals surface area contributed by atoms with E-state index in [1.807, 2.05) is 0 Å². The van der Waals surface area contributed by atoms with Crippen LogP contribution in [0.5, 0.6) is 5.75 Å². The lowest BCUT2D eigenvalue weighted by Crippen LogP contribution is -2.16. The predicted molar refractivity (Wildman–Crippen MR) is 96.1 cm³/mol. The highest BCUT2D eigenvalue weighted by atomic mass is 19.4. The summed E-state index contributed by atoms with van der Waals surface area (Å²) < 4.78 is 52.2. The highest BCUT2D eigenvalue weighted by molar-refractivity contribution is 5.74. The molecule has 0 saturated carbocycles. The number of hydrogen-bond donors (Lipinski definition) is 0. The maximum atomic E-state index is 13.7. The Kier molecular flexibility index (Phi) is 5.67. The van der Waals surface area contributed by atoms with Crippen molar-refractivity contribution in [3.8, 4) is 22.7 Å². The van der Waals surface area contributed by atoms with Crippen molar-refractivity contribution in [1.82, 2.24) is 9.78 Å². The van der Waals surface area contributed by atoms with Gasteiger partial charge in [-0.1, -0.05) is 48.5 Å². The van der Waals surface area contributed by atoms with Crippen molar-refractivity contribution < 1.29 is 27.4 Å². The minimum atomic E-state index is -4.77. The molecule has 0 unspecified atom stereocenters. The predicted octanol–water partition coefficient (Wildman–Crippen LogP) is 4.50. The van der Waals surface area contributed by atoms with Gasteiger partial charge < -0.3 is 9.47 Å². The average molecular weight is 390 g/mol.